The van der Waals surface area contributed by atoms with E-state index >= 15 is 0 Å². The number of hydrogen-bond donors (Lipinski definition) is 1. The summed E-state index contributed by atoms with van der Waals surface area (Å²) >= 11 is 2.83. The number of rotatable bonds is 8. The predicted octanol–water partition coefficient (Wildman–Crippen LogP) is 5.76. The molecule has 0 spiro atoms. The number of thiophene rings is 1. The van der Waals surface area contributed by atoms with Crippen LogP contribution < -0.4 is 15.6 Å². The van der Waals surface area contributed by atoms with Crippen LogP contribution in [-0.4, -0.2) is 28.3 Å². The third-order valence-electron chi connectivity index (χ3n) is 5.59. The molecular weight excluding hydrogens is 466 g/mol. The fourth-order valence-electron chi connectivity index (χ4n) is 3.76. The van der Waals surface area contributed by atoms with Crippen molar-refractivity contribution in [1.82, 2.24) is 9.55 Å². The Labute approximate surface area is 207 Å². The first-order valence-electron chi connectivity index (χ1n) is 11.1. The highest BCUT2D eigenvalue weighted by Gasteiger charge is 2.20. The van der Waals surface area contributed by atoms with E-state index in [-0.39, 0.29) is 17.2 Å². The summed E-state index contributed by atoms with van der Waals surface area (Å²) in [6.07, 6.45) is 1.91. The highest BCUT2D eigenvalue weighted by atomic mass is 32.2. The van der Waals surface area contributed by atoms with Gasteiger partial charge in [-0.3, -0.25) is 14.2 Å². The Morgan fingerprint density at radius 3 is 2.56 bits per heavy atom. The van der Waals surface area contributed by atoms with Crippen LogP contribution in [0.1, 0.15) is 29.3 Å². The van der Waals surface area contributed by atoms with Crippen molar-refractivity contribution in [1.29, 1.82) is 0 Å². The fourth-order valence-corrected chi connectivity index (χ4v) is 5.89. The van der Waals surface area contributed by atoms with Crippen LogP contribution >= 0.6 is 23.1 Å². The van der Waals surface area contributed by atoms with E-state index in [0.717, 1.165) is 34.5 Å². The Balaban J connectivity index is 1.73. The van der Waals surface area contributed by atoms with E-state index in [9.17, 15) is 9.59 Å². The van der Waals surface area contributed by atoms with E-state index in [4.69, 9.17) is 9.72 Å². The van der Waals surface area contributed by atoms with Crippen LogP contribution in [0.15, 0.2) is 58.5 Å². The largest absolute Gasteiger partial charge is 0.497 e. The summed E-state index contributed by atoms with van der Waals surface area (Å²) < 4.78 is 6.87. The number of aromatic nitrogens is 2. The summed E-state index contributed by atoms with van der Waals surface area (Å²) in [6.45, 7) is 6.07. The molecule has 0 atom stereocenters. The molecule has 4 aromatic rings. The van der Waals surface area contributed by atoms with Gasteiger partial charge in [-0.15, -0.1) is 11.3 Å². The van der Waals surface area contributed by atoms with Crippen LogP contribution in [-0.2, 0) is 11.2 Å². The number of thioether (sulfide) groups is 1. The number of amides is 1. The van der Waals surface area contributed by atoms with Crippen LogP contribution in [0.25, 0.3) is 15.9 Å². The maximum absolute atomic E-state index is 13.7. The molecule has 0 bridgehead atoms. The van der Waals surface area contributed by atoms with Crippen molar-refractivity contribution in [2.24, 2.45) is 0 Å². The Kier molecular flexibility index (Phi) is 7.38. The maximum atomic E-state index is 13.7. The molecule has 0 aliphatic rings. The number of para-hydroxylation sites is 1. The second-order valence-corrected chi connectivity index (χ2v) is 9.99. The Hall–Kier alpha value is -3.10. The normalized spacial score (nSPS) is 11.1. The number of benzene rings is 2. The highest BCUT2D eigenvalue weighted by Crippen LogP contribution is 2.31. The lowest BCUT2D eigenvalue weighted by Crippen LogP contribution is -2.23. The summed E-state index contributed by atoms with van der Waals surface area (Å²) in [6, 6.07) is 14.9. The molecule has 0 saturated carbocycles. The van der Waals surface area contributed by atoms with Gasteiger partial charge in [-0.2, -0.15) is 0 Å². The molecule has 6 nitrogen and oxygen atoms in total. The van der Waals surface area contributed by atoms with Gasteiger partial charge in [0.25, 0.3) is 5.56 Å². The molecule has 1 amide bonds. The first-order chi connectivity index (χ1) is 16.4. The van der Waals surface area contributed by atoms with Crippen molar-refractivity contribution in [3.05, 3.63) is 74.9 Å². The third kappa shape index (κ3) is 4.88. The molecule has 2 aromatic carbocycles. The SMILES string of the molecule is CCCc1sc2nc(SCC(=O)Nc3ccccc3C)n(-c3ccc(OC)cc3)c(=O)c2c1C. The molecule has 176 valence electrons. The number of fused-ring (bicyclic) bond motifs is 1. The topological polar surface area (TPSA) is 73.2 Å². The van der Waals surface area contributed by atoms with Crippen molar-refractivity contribution in [2.75, 3.05) is 18.2 Å². The van der Waals surface area contributed by atoms with Crippen molar-refractivity contribution in [3.8, 4) is 11.4 Å². The van der Waals surface area contributed by atoms with Crippen LogP contribution in [0.4, 0.5) is 5.69 Å². The van der Waals surface area contributed by atoms with Gasteiger partial charge >= 0.3 is 0 Å². The van der Waals surface area contributed by atoms with E-state index in [1.165, 1.54) is 16.6 Å². The predicted molar refractivity (Wildman–Crippen MR) is 141 cm³/mol. The van der Waals surface area contributed by atoms with Crippen LogP contribution in [0.2, 0.25) is 0 Å². The lowest BCUT2D eigenvalue weighted by Gasteiger charge is -2.13. The fraction of sp³-hybridized carbons (Fsp3) is 0.269. The number of carbonyl (C=O) groups excluding carboxylic acids is 1. The van der Waals surface area contributed by atoms with Crippen molar-refractivity contribution in [3.63, 3.8) is 0 Å². The average Bonchev–Trinajstić information content (AvgIpc) is 3.15. The van der Waals surface area contributed by atoms with Gasteiger partial charge in [0, 0.05) is 10.6 Å². The summed E-state index contributed by atoms with van der Waals surface area (Å²) in [5, 5.41) is 4.09. The molecule has 34 heavy (non-hydrogen) atoms. The Morgan fingerprint density at radius 1 is 1.15 bits per heavy atom. The number of hydrogen-bond acceptors (Lipinski definition) is 6. The van der Waals surface area contributed by atoms with Crippen LogP contribution in [0.5, 0.6) is 5.75 Å². The van der Waals surface area contributed by atoms with Crippen molar-refractivity contribution < 1.29 is 9.53 Å². The van der Waals surface area contributed by atoms with E-state index in [2.05, 4.69) is 12.2 Å². The molecule has 0 unspecified atom stereocenters. The maximum Gasteiger partial charge on any atom is 0.267 e. The Bertz CT molecular complexity index is 1390. The van der Waals surface area contributed by atoms with Gasteiger partial charge in [0.2, 0.25) is 5.91 Å². The second-order valence-electron chi connectivity index (χ2n) is 7.97. The van der Waals surface area contributed by atoms with E-state index < -0.39 is 0 Å². The monoisotopic (exact) mass is 493 g/mol. The van der Waals surface area contributed by atoms with Crippen molar-refractivity contribution >= 4 is 44.9 Å². The van der Waals surface area contributed by atoms with Gasteiger partial charge in [-0.1, -0.05) is 43.3 Å². The average molecular weight is 494 g/mol. The molecule has 1 N–H and O–H groups in total. The highest BCUT2D eigenvalue weighted by molar-refractivity contribution is 7.99. The summed E-state index contributed by atoms with van der Waals surface area (Å²) in [4.78, 5) is 33.2. The first-order valence-corrected chi connectivity index (χ1v) is 12.9. The smallest absolute Gasteiger partial charge is 0.267 e. The van der Waals surface area contributed by atoms with Gasteiger partial charge < -0.3 is 10.1 Å². The molecule has 0 radical (unpaired) electrons. The molecular formula is C26H27N3O3S2. The number of nitrogens with one attached hydrogen (secondary N) is 1. The molecule has 0 aliphatic heterocycles. The number of nitrogens with zero attached hydrogens (tertiary/aromatic N) is 2. The third-order valence-corrected chi connectivity index (χ3v) is 7.78. The quantitative estimate of drug-likeness (QED) is 0.250. The number of ether oxygens (including phenoxy) is 1. The summed E-state index contributed by atoms with van der Waals surface area (Å²) in [7, 11) is 1.60. The summed E-state index contributed by atoms with van der Waals surface area (Å²) in [5.41, 5.74) is 3.34. The Morgan fingerprint density at radius 2 is 1.88 bits per heavy atom. The van der Waals surface area contributed by atoms with Crippen LogP contribution in [0.3, 0.4) is 0 Å². The zero-order valence-corrected chi connectivity index (χ0v) is 21.3. The number of aryl methyl sites for hydroxylation is 3. The van der Waals surface area contributed by atoms with E-state index in [1.54, 1.807) is 23.0 Å². The molecule has 2 aromatic heterocycles. The van der Waals surface area contributed by atoms with E-state index in [1.807, 2.05) is 62.4 Å². The summed E-state index contributed by atoms with van der Waals surface area (Å²) in [5.74, 6) is 0.688. The molecule has 2 heterocycles. The number of carbonyl (C=O) groups is 1. The van der Waals surface area contributed by atoms with E-state index in [0.29, 0.717) is 22.0 Å². The lowest BCUT2D eigenvalue weighted by molar-refractivity contribution is -0.113. The minimum Gasteiger partial charge on any atom is -0.497 e. The molecule has 8 heteroatoms. The molecule has 4 rings (SSSR count). The van der Waals surface area contributed by atoms with Gasteiger partial charge in [-0.25, -0.2) is 4.98 Å². The lowest BCUT2D eigenvalue weighted by atomic mass is 10.1. The zero-order valence-electron chi connectivity index (χ0n) is 19.7. The molecule has 0 aliphatic carbocycles. The van der Waals surface area contributed by atoms with Gasteiger partial charge in [-0.05, 0) is 61.7 Å². The standard InChI is InChI=1S/C26H27N3O3S2/c1-5-8-21-17(3)23-24(34-21)28-26(29(25(23)31)18-11-13-19(32-4)14-12-18)33-15-22(30)27-20-10-7-6-9-16(20)2/h6-7,9-14H,5,8,15H2,1-4H3,(H,27,30). The minimum atomic E-state index is -0.149. The number of anilines is 1. The number of methoxy groups -OCH3 is 1. The van der Waals surface area contributed by atoms with Gasteiger partial charge in [0.15, 0.2) is 5.16 Å². The zero-order chi connectivity index (χ0) is 24.2. The van der Waals surface area contributed by atoms with Gasteiger partial charge in [0.1, 0.15) is 10.6 Å². The molecule has 0 saturated heterocycles. The second kappa shape index (κ2) is 10.4. The van der Waals surface area contributed by atoms with Crippen LogP contribution in [0, 0.1) is 13.8 Å². The van der Waals surface area contributed by atoms with Gasteiger partial charge in [0.05, 0.1) is 23.9 Å². The van der Waals surface area contributed by atoms with Crippen molar-refractivity contribution in [2.45, 2.75) is 38.8 Å². The first kappa shape index (κ1) is 24.0. The minimum absolute atomic E-state index is 0.118. The molecule has 0 fully saturated rings.